The Morgan fingerprint density at radius 1 is 1.50 bits per heavy atom. The highest BCUT2D eigenvalue weighted by Gasteiger charge is 2.38. The molecule has 1 fully saturated rings. The molecule has 0 aromatic carbocycles. The average molecular weight is 223 g/mol. The van der Waals surface area contributed by atoms with Gasteiger partial charge < -0.3 is 15.0 Å². The number of nitrogens with zero attached hydrogens (tertiary/aromatic N) is 1. The Hall–Kier alpha value is -0.870. The zero-order chi connectivity index (χ0) is 11.4. The number of aromatic nitrogens is 2. The maximum Gasteiger partial charge on any atom is 0.138 e. The van der Waals surface area contributed by atoms with Crippen molar-refractivity contribution in [1.82, 2.24) is 15.3 Å². The molecule has 0 saturated heterocycles. The lowest BCUT2D eigenvalue weighted by Gasteiger charge is -2.24. The maximum absolute atomic E-state index is 5.69. The van der Waals surface area contributed by atoms with Crippen molar-refractivity contribution in [3.8, 4) is 0 Å². The predicted octanol–water partition coefficient (Wildman–Crippen LogP) is 1.93. The number of aromatic amines is 1. The third kappa shape index (κ3) is 2.13. The molecule has 1 aliphatic rings. The van der Waals surface area contributed by atoms with Gasteiger partial charge in [0.1, 0.15) is 11.4 Å². The molecular formula is C12H21N3O. The molecule has 0 spiro atoms. The third-order valence-corrected chi connectivity index (χ3v) is 3.43. The van der Waals surface area contributed by atoms with Crippen LogP contribution in [0, 0.1) is 0 Å². The summed E-state index contributed by atoms with van der Waals surface area (Å²) in [6.45, 7) is 3.93. The molecule has 2 N–H and O–H groups in total. The molecule has 4 heteroatoms. The van der Waals surface area contributed by atoms with Crippen molar-refractivity contribution < 1.29 is 4.74 Å². The summed E-state index contributed by atoms with van der Waals surface area (Å²) in [5, 5.41) is 3.29. The van der Waals surface area contributed by atoms with Gasteiger partial charge in [0.25, 0.3) is 0 Å². The van der Waals surface area contributed by atoms with Crippen molar-refractivity contribution in [3.05, 3.63) is 17.7 Å². The van der Waals surface area contributed by atoms with E-state index in [1.807, 2.05) is 6.20 Å². The molecule has 0 aliphatic heterocycles. The minimum absolute atomic E-state index is 0.148. The van der Waals surface area contributed by atoms with E-state index in [9.17, 15) is 0 Å². The Morgan fingerprint density at radius 3 is 2.88 bits per heavy atom. The molecule has 2 rings (SSSR count). The maximum atomic E-state index is 5.69. The Kier molecular flexibility index (Phi) is 3.61. The van der Waals surface area contributed by atoms with Crippen LogP contribution in [-0.2, 0) is 16.9 Å². The molecule has 1 aromatic heterocycles. The number of imidazole rings is 1. The number of H-pyrrole nitrogens is 1. The van der Waals surface area contributed by atoms with E-state index in [1.54, 1.807) is 7.11 Å². The molecule has 90 valence electrons. The largest absolute Gasteiger partial charge is 0.370 e. The normalized spacial score (nSPS) is 19.1. The molecule has 1 saturated carbocycles. The number of methoxy groups -OCH3 is 1. The Bertz CT molecular complexity index is 329. The quantitative estimate of drug-likeness (QED) is 0.802. The monoisotopic (exact) mass is 223 g/mol. The van der Waals surface area contributed by atoms with E-state index in [0.717, 1.165) is 37.4 Å². The number of ether oxygens (including phenoxy) is 1. The van der Waals surface area contributed by atoms with Crippen molar-refractivity contribution in [2.45, 2.75) is 44.8 Å². The molecule has 1 aromatic rings. The van der Waals surface area contributed by atoms with E-state index in [1.165, 1.54) is 12.8 Å². The van der Waals surface area contributed by atoms with Gasteiger partial charge >= 0.3 is 0 Å². The van der Waals surface area contributed by atoms with Crippen LogP contribution >= 0.6 is 0 Å². The van der Waals surface area contributed by atoms with Crippen LogP contribution in [0.15, 0.2) is 6.20 Å². The highest BCUT2D eigenvalue weighted by molar-refractivity contribution is 5.10. The molecule has 1 heterocycles. The number of hydrogen-bond acceptors (Lipinski definition) is 3. The summed E-state index contributed by atoms with van der Waals surface area (Å²) in [5.41, 5.74) is 0.991. The van der Waals surface area contributed by atoms with Gasteiger partial charge in [-0.2, -0.15) is 0 Å². The van der Waals surface area contributed by atoms with Crippen LogP contribution in [-0.4, -0.2) is 23.6 Å². The third-order valence-electron chi connectivity index (χ3n) is 3.43. The fraction of sp³-hybridized carbons (Fsp3) is 0.750. The van der Waals surface area contributed by atoms with Crippen molar-refractivity contribution in [2.75, 3.05) is 13.7 Å². The smallest absolute Gasteiger partial charge is 0.138 e. The second-order valence-corrected chi connectivity index (χ2v) is 4.44. The van der Waals surface area contributed by atoms with Crippen LogP contribution < -0.4 is 5.32 Å². The van der Waals surface area contributed by atoms with Crippen LogP contribution in [0.1, 0.15) is 44.1 Å². The van der Waals surface area contributed by atoms with Gasteiger partial charge in [-0.25, -0.2) is 4.98 Å². The Morgan fingerprint density at radius 2 is 2.25 bits per heavy atom. The zero-order valence-corrected chi connectivity index (χ0v) is 10.2. The van der Waals surface area contributed by atoms with Crippen LogP contribution in [0.3, 0.4) is 0 Å². The van der Waals surface area contributed by atoms with Crippen LogP contribution in [0.4, 0.5) is 0 Å². The lowest BCUT2D eigenvalue weighted by molar-refractivity contribution is -0.0157. The number of nitrogens with one attached hydrogen (secondary N) is 2. The summed E-state index contributed by atoms with van der Waals surface area (Å²) in [7, 11) is 1.79. The number of rotatable bonds is 5. The minimum Gasteiger partial charge on any atom is -0.370 e. The summed E-state index contributed by atoms with van der Waals surface area (Å²) in [6.07, 6.45) is 6.54. The molecule has 0 unspecified atom stereocenters. The highest BCUT2D eigenvalue weighted by Crippen LogP contribution is 2.39. The van der Waals surface area contributed by atoms with Gasteiger partial charge in [0.15, 0.2) is 0 Å². The first-order valence-electron chi connectivity index (χ1n) is 6.11. The van der Waals surface area contributed by atoms with E-state index in [-0.39, 0.29) is 5.60 Å². The van der Waals surface area contributed by atoms with E-state index in [4.69, 9.17) is 4.74 Å². The Balaban J connectivity index is 2.10. The van der Waals surface area contributed by atoms with Gasteiger partial charge in [-0.3, -0.25) is 0 Å². The van der Waals surface area contributed by atoms with Crippen molar-refractivity contribution in [2.24, 2.45) is 0 Å². The standard InChI is InChI=1S/C12H21N3O/c1-3-13-8-10-9-14-11(15-10)12(16-2)6-4-5-7-12/h9,13H,3-8H2,1-2H3,(H,14,15). The summed E-state index contributed by atoms with van der Waals surface area (Å²) in [5.74, 6) is 1.00. The highest BCUT2D eigenvalue weighted by atomic mass is 16.5. The average Bonchev–Trinajstić information content (AvgIpc) is 2.95. The van der Waals surface area contributed by atoms with Crippen molar-refractivity contribution in [1.29, 1.82) is 0 Å². The molecule has 0 radical (unpaired) electrons. The van der Waals surface area contributed by atoms with Gasteiger partial charge in [-0.05, 0) is 32.2 Å². The first-order valence-corrected chi connectivity index (χ1v) is 6.11. The van der Waals surface area contributed by atoms with Crippen LogP contribution in [0.25, 0.3) is 0 Å². The van der Waals surface area contributed by atoms with Gasteiger partial charge in [0, 0.05) is 25.5 Å². The minimum atomic E-state index is -0.148. The van der Waals surface area contributed by atoms with Gasteiger partial charge in [-0.1, -0.05) is 6.92 Å². The molecule has 4 nitrogen and oxygen atoms in total. The van der Waals surface area contributed by atoms with E-state index < -0.39 is 0 Å². The molecule has 0 atom stereocenters. The van der Waals surface area contributed by atoms with Crippen molar-refractivity contribution >= 4 is 0 Å². The lowest BCUT2D eigenvalue weighted by atomic mass is 10.0. The fourth-order valence-corrected chi connectivity index (χ4v) is 2.42. The topological polar surface area (TPSA) is 49.9 Å². The number of hydrogen-bond donors (Lipinski definition) is 2. The molecule has 1 aliphatic carbocycles. The van der Waals surface area contributed by atoms with E-state index >= 15 is 0 Å². The first-order chi connectivity index (χ1) is 7.80. The van der Waals surface area contributed by atoms with Gasteiger partial charge in [0.05, 0.1) is 0 Å². The van der Waals surface area contributed by atoms with E-state index in [2.05, 4.69) is 22.2 Å². The molecular weight excluding hydrogens is 202 g/mol. The first kappa shape index (κ1) is 11.6. The molecule has 16 heavy (non-hydrogen) atoms. The van der Waals surface area contributed by atoms with Crippen LogP contribution in [0.5, 0.6) is 0 Å². The Labute approximate surface area is 96.8 Å². The van der Waals surface area contributed by atoms with Crippen LogP contribution in [0.2, 0.25) is 0 Å². The molecule has 0 amide bonds. The van der Waals surface area contributed by atoms with Crippen molar-refractivity contribution in [3.63, 3.8) is 0 Å². The second-order valence-electron chi connectivity index (χ2n) is 4.44. The summed E-state index contributed by atoms with van der Waals surface area (Å²) in [6, 6.07) is 0. The van der Waals surface area contributed by atoms with Gasteiger partial charge in [-0.15, -0.1) is 0 Å². The summed E-state index contributed by atoms with van der Waals surface area (Å²) >= 11 is 0. The van der Waals surface area contributed by atoms with Gasteiger partial charge in [0.2, 0.25) is 0 Å². The zero-order valence-electron chi connectivity index (χ0n) is 10.2. The van der Waals surface area contributed by atoms with E-state index in [0.29, 0.717) is 0 Å². The predicted molar refractivity (Wildman–Crippen MR) is 63.1 cm³/mol. The second kappa shape index (κ2) is 4.97. The summed E-state index contributed by atoms with van der Waals surface area (Å²) in [4.78, 5) is 7.86. The molecule has 0 bridgehead atoms. The fourth-order valence-electron chi connectivity index (χ4n) is 2.42. The lowest BCUT2D eigenvalue weighted by Crippen LogP contribution is -2.26. The summed E-state index contributed by atoms with van der Waals surface area (Å²) < 4.78 is 5.69. The SMILES string of the molecule is CCNCc1cnc(C2(OC)CCCC2)[nH]1.